The minimum absolute atomic E-state index is 0.0893. The van der Waals surface area contributed by atoms with Crippen molar-refractivity contribution in [3.05, 3.63) is 11.6 Å². The molecule has 0 aliphatic carbocycles. The van der Waals surface area contributed by atoms with Gasteiger partial charge in [-0.05, 0) is 19.8 Å². The van der Waals surface area contributed by atoms with Crippen LogP contribution in [-0.4, -0.2) is 25.1 Å². The van der Waals surface area contributed by atoms with Crippen molar-refractivity contribution < 1.29 is 9.63 Å². The Labute approximate surface area is 99.4 Å². The van der Waals surface area contributed by atoms with Gasteiger partial charge < -0.3 is 0 Å². The van der Waals surface area contributed by atoms with Crippen LogP contribution in [0.4, 0.5) is 0 Å². The zero-order valence-electron chi connectivity index (χ0n) is 11.1. The molecular weight excluding hydrogens is 202 g/mol. The van der Waals surface area contributed by atoms with Crippen molar-refractivity contribution in [1.82, 2.24) is 5.06 Å². The quantitative estimate of drug-likeness (QED) is 0.362. The molecule has 0 aliphatic rings. The number of amides is 1. The third-order valence-corrected chi connectivity index (χ3v) is 2.63. The second-order valence-corrected chi connectivity index (χ2v) is 4.17. The number of unbranched alkanes of at least 4 members (excludes halogenated alkanes) is 4. The molecule has 0 fully saturated rings. The lowest BCUT2D eigenvalue weighted by Gasteiger charge is -2.11. The highest BCUT2D eigenvalue weighted by Gasteiger charge is 2.03. The first-order valence-electron chi connectivity index (χ1n) is 6.10. The normalized spacial score (nSPS) is 11.6. The van der Waals surface area contributed by atoms with E-state index in [4.69, 9.17) is 4.84 Å². The fourth-order valence-corrected chi connectivity index (χ4v) is 1.47. The molecule has 0 radical (unpaired) electrons. The Balaban J connectivity index is 3.74. The average Bonchev–Trinajstić information content (AvgIpc) is 2.27. The van der Waals surface area contributed by atoms with Gasteiger partial charge >= 0.3 is 0 Å². The van der Waals surface area contributed by atoms with Crippen LogP contribution in [-0.2, 0) is 9.63 Å². The van der Waals surface area contributed by atoms with Crippen molar-refractivity contribution in [2.75, 3.05) is 14.2 Å². The van der Waals surface area contributed by atoms with Gasteiger partial charge in [-0.25, -0.2) is 5.06 Å². The molecule has 0 saturated heterocycles. The number of carbonyl (C=O) groups is 1. The third kappa shape index (κ3) is 7.46. The van der Waals surface area contributed by atoms with E-state index in [1.807, 2.05) is 6.92 Å². The van der Waals surface area contributed by atoms with Crippen LogP contribution in [0.1, 0.15) is 52.4 Å². The summed E-state index contributed by atoms with van der Waals surface area (Å²) in [6, 6.07) is 0. The average molecular weight is 227 g/mol. The predicted molar refractivity (Wildman–Crippen MR) is 66.9 cm³/mol. The van der Waals surface area contributed by atoms with Crippen LogP contribution in [0.3, 0.4) is 0 Å². The fraction of sp³-hybridized carbons (Fsp3) is 0.769. The Morgan fingerprint density at radius 1 is 1.25 bits per heavy atom. The smallest absolute Gasteiger partial charge is 0.269 e. The van der Waals surface area contributed by atoms with E-state index in [1.54, 1.807) is 13.1 Å². The first kappa shape index (κ1) is 15.2. The third-order valence-electron chi connectivity index (χ3n) is 2.63. The zero-order chi connectivity index (χ0) is 12.4. The van der Waals surface area contributed by atoms with Gasteiger partial charge in [0.2, 0.25) is 0 Å². The van der Waals surface area contributed by atoms with Crippen molar-refractivity contribution >= 4 is 5.91 Å². The number of likely N-dealkylation sites (N-methyl/N-ethyl adjacent to an activating group) is 1. The second kappa shape index (κ2) is 9.40. The highest BCUT2D eigenvalue weighted by atomic mass is 16.7. The summed E-state index contributed by atoms with van der Waals surface area (Å²) in [5.41, 5.74) is 1.13. The highest BCUT2D eigenvalue weighted by Crippen LogP contribution is 2.10. The highest BCUT2D eigenvalue weighted by molar-refractivity contribution is 5.87. The summed E-state index contributed by atoms with van der Waals surface area (Å²) in [6.45, 7) is 4.21. The maximum atomic E-state index is 11.4. The number of hydrogen-bond acceptors (Lipinski definition) is 2. The Kier molecular flexibility index (Phi) is 8.91. The molecule has 0 saturated carbocycles. The van der Waals surface area contributed by atoms with Gasteiger partial charge in [-0.15, -0.1) is 0 Å². The van der Waals surface area contributed by atoms with Gasteiger partial charge in [0.05, 0.1) is 7.11 Å². The molecule has 0 heterocycles. The number of carbonyl (C=O) groups excluding carboxylic acids is 1. The molecule has 0 atom stereocenters. The lowest BCUT2D eigenvalue weighted by molar-refractivity contribution is -0.162. The van der Waals surface area contributed by atoms with Crippen molar-refractivity contribution in [2.45, 2.75) is 52.4 Å². The number of nitrogens with zero attached hydrogens (tertiary/aromatic N) is 1. The molecule has 0 spiro atoms. The van der Waals surface area contributed by atoms with Gasteiger partial charge in [0.1, 0.15) is 0 Å². The Morgan fingerprint density at radius 3 is 2.44 bits per heavy atom. The number of hydroxylamine groups is 2. The summed E-state index contributed by atoms with van der Waals surface area (Å²) < 4.78 is 0. The summed E-state index contributed by atoms with van der Waals surface area (Å²) in [5.74, 6) is -0.0893. The van der Waals surface area contributed by atoms with Crippen LogP contribution < -0.4 is 0 Å². The number of allylic oxidation sites excluding steroid dienone is 1. The van der Waals surface area contributed by atoms with E-state index in [0.717, 1.165) is 12.0 Å². The molecule has 0 rings (SSSR count). The van der Waals surface area contributed by atoms with Gasteiger partial charge in [-0.2, -0.15) is 0 Å². The van der Waals surface area contributed by atoms with Crippen LogP contribution in [0, 0.1) is 0 Å². The Hall–Kier alpha value is -0.830. The molecule has 0 N–H and O–H groups in total. The molecule has 3 nitrogen and oxygen atoms in total. The van der Waals surface area contributed by atoms with Gasteiger partial charge in [-0.3, -0.25) is 9.63 Å². The molecule has 1 amide bonds. The minimum Gasteiger partial charge on any atom is -0.274 e. The van der Waals surface area contributed by atoms with E-state index < -0.39 is 0 Å². The molecule has 0 aromatic rings. The molecule has 0 aromatic carbocycles. The monoisotopic (exact) mass is 227 g/mol. The minimum atomic E-state index is -0.0893. The van der Waals surface area contributed by atoms with Crippen LogP contribution in [0.15, 0.2) is 11.6 Å². The Bertz CT molecular complexity index is 224. The van der Waals surface area contributed by atoms with Crippen LogP contribution in [0.5, 0.6) is 0 Å². The van der Waals surface area contributed by atoms with Gasteiger partial charge in [0.25, 0.3) is 5.91 Å². The van der Waals surface area contributed by atoms with Crippen LogP contribution in [0.2, 0.25) is 0 Å². The lowest BCUT2D eigenvalue weighted by Crippen LogP contribution is -2.23. The summed E-state index contributed by atoms with van der Waals surface area (Å²) in [6.07, 6.45) is 8.98. The van der Waals surface area contributed by atoms with Crippen molar-refractivity contribution in [3.63, 3.8) is 0 Å². The predicted octanol–water partition coefficient (Wildman–Crippen LogP) is 3.31. The van der Waals surface area contributed by atoms with Gasteiger partial charge in [-0.1, -0.05) is 38.2 Å². The summed E-state index contributed by atoms with van der Waals surface area (Å²) in [4.78, 5) is 16.3. The van der Waals surface area contributed by atoms with E-state index in [2.05, 4.69) is 6.92 Å². The topological polar surface area (TPSA) is 29.5 Å². The van der Waals surface area contributed by atoms with Gasteiger partial charge in [0, 0.05) is 13.1 Å². The first-order chi connectivity index (χ1) is 7.61. The molecule has 0 bridgehead atoms. The van der Waals surface area contributed by atoms with Crippen LogP contribution in [0.25, 0.3) is 0 Å². The second-order valence-electron chi connectivity index (χ2n) is 4.17. The standard InChI is InChI=1S/C13H25NO2/c1-5-6-7-8-9-10-12(2)11-13(15)14(3)16-4/h11H,5-10H2,1-4H3/b12-11+. The SMILES string of the molecule is CCCCCCC/C(C)=C/C(=O)N(C)OC. The van der Waals surface area contributed by atoms with E-state index in [-0.39, 0.29) is 5.91 Å². The van der Waals surface area contributed by atoms with Crippen molar-refractivity contribution in [3.8, 4) is 0 Å². The summed E-state index contributed by atoms with van der Waals surface area (Å²) in [5, 5.41) is 1.24. The molecule has 0 aromatic heterocycles. The Morgan fingerprint density at radius 2 is 1.88 bits per heavy atom. The molecule has 16 heavy (non-hydrogen) atoms. The van der Waals surface area contributed by atoms with E-state index in [1.165, 1.54) is 44.3 Å². The number of hydrogen-bond donors (Lipinski definition) is 0. The maximum absolute atomic E-state index is 11.4. The lowest BCUT2D eigenvalue weighted by atomic mass is 10.1. The summed E-state index contributed by atoms with van der Waals surface area (Å²) >= 11 is 0. The molecular formula is C13H25NO2. The van der Waals surface area contributed by atoms with Crippen molar-refractivity contribution in [1.29, 1.82) is 0 Å². The molecule has 0 unspecified atom stereocenters. The summed E-state index contributed by atoms with van der Waals surface area (Å²) in [7, 11) is 3.11. The fourth-order valence-electron chi connectivity index (χ4n) is 1.47. The largest absolute Gasteiger partial charge is 0.274 e. The van der Waals surface area contributed by atoms with E-state index in [9.17, 15) is 4.79 Å². The van der Waals surface area contributed by atoms with E-state index in [0.29, 0.717) is 0 Å². The molecule has 94 valence electrons. The molecule has 3 heteroatoms. The van der Waals surface area contributed by atoms with Gasteiger partial charge in [0.15, 0.2) is 0 Å². The molecule has 0 aliphatic heterocycles. The maximum Gasteiger partial charge on any atom is 0.269 e. The van der Waals surface area contributed by atoms with E-state index >= 15 is 0 Å². The zero-order valence-corrected chi connectivity index (χ0v) is 11.1. The first-order valence-corrected chi connectivity index (χ1v) is 6.10. The number of rotatable bonds is 8. The van der Waals surface area contributed by atoms with Crippen molar-refractivity contribution in [2.24, 2.45) is 0 Å². The van der Waals surface area contributed by atoms with Crippen LogP contribution >= 0.6 is 0 Å².